The molecule has 1 aliphatic rings. The molecule has 22 heavy (non-hydrogen) atoms. The molecular formula is C16H23N3O3. The number of rotatable bonds is 7. The van der Waals surface area contributed by atoms with Crippen LogP contribution in [0.3, 0.4) is 0 Å². The second-order valence-electron chi connectivity index (χ2n) is 5.66. The van der Waals surface area contributed by atoms with Crippen molar-refractivity contribution in [1.82, 2.24) is 9.80 Å². The Labute approximate surface area is 130 Å². The molecule has 0 unspecified atom stereocenters. The number of carbonyl (C=O) groups is 1. The van der Waals surface area contributed by atoms with Gasteiger partial charge in [0.15, 0.2) is 5.78 Å². The van der Waals surface area contributed by atoms with Crippen molar-refractivity contribution in [2.45, 2.75) is 19.8 Å². The molecule has 6 nitrogen and oxygen atoms in total. The average Bonchev–Trinajstić information content (AvgIpc) is 2.54. The molecule has 0 radical (unpaired) electrons. The fraction of sp³-hybridized carbons (Fsp3) is 0.562. The number of hydrogen-bond donors (Lipinski definition) is 0. The number of Topliss-reactive ketones (excluding diaryl/α,β-unsaturated/α-hetero) is 1. The molecule has 1 aromatic carbocycles. The van der Waals surface area contributed by atoms with E-state index in [1.807, 2.05) is 0 Å². The Kier molecular flexibility index (Phi) is 6.03. The van der Waals surface area contributed by atoms with Gasteiger partial charge in [0.1, 0.15) is 0 Å². The molecule has 2 rings (SSSR count). The van der Waals surface area contributed by atoms with Crippen molar-refractivity contribution in [3.63, 3.8) is 0 Å². The monoisotopic (exact) mass is 305 g/mol. The van der Waals surface area contributed by atoms with Crippen molar-refractivity contribution in [2.75, 3.05) is 39.3 Å². The van der Waals surface area contributed by atoms with Crippen LogP contribution in [0.4, 0.5) is 5.69 Å². The maximum absolute atomic E-state index is 12.2. The summed E-state index contributed by atoms with van der Waals surface area (Å²) in [5, 5.41) is 10.7. The van der Waals surface area contributed by atoms with Crippen LogP contribution >= 0.6 is 0 Å². The highest BCUT2D eigenvalue weighted by Gasteiger charge is 2.17. The Morgan fingerprint density at radius 1 is 1.18 bits per heavy atom. The van der Waals surface area contributed by atoms with Crippen LogP contribution in [0.15, 0.2) is 24.3 Å². The molecule has 0 spiro atoms. The molecule has 1 fully saturated rings. The van der Waals surface area contributed by atoms with Gasteiger partial charge in [-0.25, -0.2) is 0 Å². The number of ketones is 1. The molecule has 1 aliphatic heterocycles. The standard InChI is InChI=1S/C16H23N3O3/c1-2-7-17-9-11-18(12-10-17)8-6-16(20)14-4-3-5-15(13-14)19(21)22/h3-5,13H,2,6-12H2,1H3. The van der Waals surface area contributed by atoms with E-state index in [1.54, 1.807) is 12.1 Å². The Hall–Kier alpha value is -1.79. The Balaban J connectivity index is 1.81. The molecule has 0 N–H and O–H groups in total. The summed E-state index contributed by atoms with van der Waals surface area (Å²) in [4.78, 5) is 27.2. The fourth-order valence-corrected chi connectivity index (χ4v) is 2.75. The van der Waals surface area contributed by atoms with Gasteiger partial charge < -0.3 is 9.80 Å². The van der Waals surface area contributed by atoms with E-state index in [2.05, 4.69) is 16.7 Å². The summed E-state index contributed by atoms with van der Waals surface area (Å²) < 4.78 is 0. The third kappa shape index (κ3) is 4.61. The molecule has 120 valence electrons. The molecule has 0 atom stereocenters. The van der Waals surface area contributed by atoms with Gasteiger partial charge in [0.25, 0.3) is 5.69 Å². The molecule has 0 saturated carbocycles. The first-order valence-electron chi connectivity index (χ1n) is 7.82. The van der Waals surface area contributed by atoms with Gasteiger partial charge in [-0.15, -0.1) is 0 Å². The summed E-state index contributed by atoms with van der Waals surface area (Å²) in [6.45, 7) is 8.13. The zero-order valence-corrected chi connectivity index (χ0v) is 13.0. The second kappa shape index (κ2) is 8.00. The highest BCUT2D eigenvalue weighted by molar-refractivity contribution is 5.96. The van der Waals surface area contributed by atoms with Gasteiger partial charge in [-0.05, 0) is 13.0 Å². The lowest BCUT2D eigenvalue weighted by Gasteiger charge is -2.34. The number of hydrogen-bond acceptors (Lipinski definition) is 5. The van der Waals surface area contributed by atoms with Crippen LogP contribution in [0.2, 0.25) is 0 Å². The number of benzene rings is 1. The summed E-state index contributed by atoms with van der Waals surface area (Å²) in [7, 11) is 0. The minimum Gasteiger partial charge on any atom is -0.301 e. The molecule has 6 heteroatoms. The van der Waals surface area contributed by atoms with E-state index in [9.17, 15) is 14.9 Å². The first kappa shape index (κ1) is 16.6. The van der Waals surface area contributed by atoms with Gasteiger partial charge in [0, 0.05) is 56.8 Å². The molecule has 1 aromatic rings. The van der Waals surface area contributed by atoms with Gasteiger partial charge in [-0.3, -0.25) is 14.9 Å². The van der Waals surface area contributed by atoms with Crippen molar-refractivity contribution in [3.05, 3.63) is 39.9 Å². The molecule has 0 amide bonds. The van der Waals surface area contributed by atoms with Crippen LogP contribution in [-0.4, -0.2) is 59.8 Å². The van der Waals surface area contributed by atoms with Crippen molar-refractivity contribution in [3.8, 4) is 0 Å². The maximum Gasteiger partial charge on any atom is 0.270 e. The zero-order chi connectivity index (χ0) is 15.9. The molecule has 1 heterocycles. The first-order valence-corrected chi connectivity index (χ1v) is 7.82. The van der Waals surface area contributed by atoms with Crippen LogP contribution in [0, 0.1) is 10.1 Å². The molecular weight excluding hydrogens is 282 g/mol. The second-order valence-corrected chi connectivity index (χ2v) is 5.66. The number of non-ortho nitro benzene ring substituents is 1. The van der Waals surface area contributed by atoms with E-state index in [4.69, 9.17) is 0 Å². The summed E-state index contributed by atoms with van der Waals surface area (Å²) in [5.74, 6) is -0.0281. The van der Waals surface area contributed by atoms with Gasteiger partial charge >= 0.3 is 0 Å². The fourth-order valence-electron chi connectivity index (χ4n) is 2.75. The Morgan fingerprint density at radius 3 is 2.41 bits per heavy atom. The maximum atomic E-state index is 12.2. The van der Waals surface area contributed by atoms with Crippen LogP contribution in [0.1, 0.15) is 30.1 Å². The Bertz CT molecular complexity index is 525. The summed E-state index contributed by atoms with van der Waals surface area (Å²) >= 11 is 0. The van der Waals surface area contributed by atoms with Gasteiger partial charge in [0.2, 0.25) is 0 Å². The third-order valence-corrected chi connectivity index (χ3v) is 4.04. The summed E-state index contributed by atoms with van der Waals surface area (Å²) in [6, 6.07) is 5.98. The highest BCUT2D eigenvalue weighted by Crippen LogP contribution is 2.15. The van der Waals surface area contributed by atoms with Crippen molar-refractivity contribution in [1.29, 1.82) is 0 Å². The topological polar surface area (TPSA) is 66.7 Å². The molecule has 1 saturated heterocycles. The molecule has 0 bridgehead atoms. The number of nitro groups is 1. The number of carbonyl (C=O) groups excluding carboxylic acids is 1. The lowest BCUT2D eigenvalue weighted by Crippen LogP contribution is -2.46. The van der Waals surface area contributed by atoms with Crippen molar-refractivity contribution < 1.29 is 9.72 Å². The number of nitro benzene ring substituents is 1. The van der Waals surface area contributed by atoms with E-state index in [0.717, 1.165) is 39.3 Å². The number of nitrogens with zero attached hydrogens (tertiary/aromatic N) is 3. The minimum atomic E-state index is -0.469. The van der Waals surface area contributed by atoms with E-state index in [-0.39, 0.29) is 11.5 Å². The summed E-state index contributed by atoms with van der Waals surface area (Å²) in [6.07, 6.45) is 1.58. The normalized spacial score (nSPS) is 16.6. The largest absolute Gasteiger partial charge is 0.301 e. The predicted octanol–water partition coefficient (Wildman–Crippen LogP) is 2.20. The smallest absolute Gasteiger partial charge is 0.270 e. The molecule has 0 aromatic heterocycles. The minimum absolute atomic E-state index is 0.0281. The zero-order valence-electron chi connectivity index (χ0n) is 13.0. The van der Waals surface area contributed by atoms with Crippen molar-refractivity contribution >= 4 is 11.5 Å². The van der Waals surface area contributed by atoms with E-state index >= 15 is 0 Å². The predicted molar refractivity (Wildman–Crippen MR) is 85.2 cm³/mol. The molecule has 0 aliphatic carbocycles. The lowest BCUT2D eigenvalue weighted by atomic mass is 10.1. The Morgan fingerprint density at radius 2 is 1.82 bits per heavy atom. The third-order valence-electron chi connectivity index (χ3n) is 4.04. The quantitative estimate of drug-likeness (QED) is 0.439. The van der Waals surface area contributed by atoms with Gasteiger partial charge in [-0.2, -0.15) is 0 Å². The van der Waals surface area contributed by atoms with Crippen molar-refractivity contribution in [2.24, 2.45) is 0 Å². The van der Waals surface area contributed by atoms with E-state index in [1.165, 1.54) is 18.6 Å². The lowest BCUT2D eigenvalue weighted by molar-refractivity contribution is -0.384. The van der Waals surface area contributed by atoms with E-state index < -0.39 is 4.92 Å². The first-order chi connectivity index (χ1) is 10.6. The van der Waals surface area contributed by atoms with Crippen LogP contribution < -0.4 is 0 Å². The van der Waals surface area contributed by atoms with Crippen LogP contribution in [0.5, 0.6) is 0 Å². The van der Waals surface area contributed by atoms with Gasteiger partial charge in [0.05, 0.1) is 4.92 Å². The van der Waals surface area contributed by atoms with Crippen LogP contribution in [-0.2, 0) is 0 Å². The van der Waals surface area contributed by atoms with E-state index in [0.29, 0.717) is 12.0 Å². The highest BCUT2D eigenvalue weighted by atomic mass is 16.6. The summed E-state index contributed by atoms with van der Waals surface area (Å²) in [5.41, 5.74) is 0.401. The van der Waals surface area contributed by atoms with Crippen LogP contribution in [0.25, 0.3) is 0 Å². The SMILES string of the molecule is CCCN1CCN(CCC(=O)c2cccc([N+](=O)[O-])c2)CC1. The van der Waals surface area contributed by atoms with Gasteiger partial charge in [-0.1, -0.05) is 19.1 Å². The number of piperazine rings is 1. The average molecular weight is 305 g/mol.